The molecule has 0 aliphatic rings. The summed E-state index contributed by atoms with van der Waals surface area (Å²) in [6.07, 6.45) is 2.82. The van der Waals surface area contributed by atoms with Gasteiger partial charge in [-0.15, -0.1) is 5.10 Å². The Bertz CT molecular complexity index is 823. The van der Waals surface area contributed by atoms with Crippen LogP contribution in [-0.4, -0.2) is 30.1 Å². The molecule has 0 saturated heterocycles. The van der Waals surface area contributed by atoms with Crippen molar-refractivity contribution in [2.75, 3.05) is 0 Å². The molecule has 0 fully saturated rings. The maximum atomic E-state index is 9.71. The molecule has 3 rings (SSSR count). The Morgan fingerprint density at radius 1 is 1.19 bits per heavy atom. The summed E-state index contributed by atoms with van der Waals surface area (Å²) in [5.41, 5.74) is 1.79. The minimum atomic E-state index is -0.164. The van der Waals surface area contributed by atoms with Crippen LogP contribution in [0.3, 0.4) is 0 Å². The predicted octanol–water partition coefficient (Wildman–Crippen LogP) is 3.50. The number of nitrogens with zero attached hydrogens (tertiary/aromatic N) is 5. The van der Waals surface area contributed by atoms with Gasteiger partial charge in [-0.05, 0) is 34.1 Å². The van der Waals surface area contributed by atoms with E-state index < -0.39 is 0 Å². The number of hydrogen-bond donors (Lipinski definition) is 1. The van der Waals surface area contributed by atoms with Gasteiger partial charge in [0.15, 0.2) is 5.15 Å². The molecule has 0 saturated carbocycles. The first-order valence-electron chi connectivity index (χ1n) is 5.64. The van der Waals surface area contributed by atoms with Gasteiger partial charge in [0.1, 0.15) is 10.8 Å². The molecule has 0 aliphatic carbocycles. The summed E-state index contributed by atoms with van der Waals surface area (Å²) < 4.78 is 1.86. The van der Waals surface area contributed by atoms with Crippen LogP contribution in [0.25, 0.3) is 16.9 Å². The summed E-state index contributed by atoms with van der Waals surface area (Å²) in [5.74, 6) is -0.164. The van der Waals surface area contributed by atoms with E-state index in [0.717, 1.165) is 0 Å². The van der Waals surface area contributed by atoms with E-state index in [2.05, 4.69) is 36.2 Å². The highest BCUT2D eigenvalue weighted by atomic mass is 79.9. The first kappa shape index (κ1) is 14.2. The van der Waals surface area contributed by atoms with E-state index in [-0.39, 0.29) is 11.0 Å². The molecular weight excluding hydrogens is 381 g/mol. The summed E-state index contributed by atoms with van der Waals surface area (Å²) in [5, 5.41) is 18.2. The molecule has 1 aromatic carbocycles. The molecule has 0 spiro atoms. The highest BCUT2D eigenvalue weighted by Gasteiger charge is 2.16. The zero-order valence-corrected chi connectivity index (χ0v) is 13.3. The summed E-state index contributed by atoms with van der Waals surface area (Å²) in [7, 11) is 0. The lowest BCUT2D eigenvalue weighted by molar-refractivity contribution is 0.448. The van der Waals surface area contributed by atoms with Gasteiger partial charge in [-0.2, -0.15) is 0 Å². The lowest BCUT2D eigenvalue weighted by Crippen LogP contribution is -2.00. The van der Waals surface area contributed by atoms with Gasteiger partial charge < -0.3 is 5.11 Å². The van der Waals surface area contributed by atoms with Crippen LogP contribution in [0.15, 0.2) is 35.2 Å². The predicted molar refractivity (Wildman–Crippen MR) is 81.8 cm³/mol. The lowest BCUT2D eigenvalue weighted by Gasteiger charge is -2.10. The van der Waals surface area contributed by atoms with Crippen LogP contribution in [0.2, 0.25) is 10.2 Å². The molecule has 0 aliphatic heterocycles. The van der Waals surface area contributed by atoms with Gasteiger partial charge in [0.05, 0.1) is 17.6 Å². The molecule has 0 bridgehead atoms. The van der Waals surface area contributed by atoms with Crippen molar-refractivity contribution in [2.45, 2.75) is 0 Å². The fourth-order valence-corrected chi connectivity index (χ4v) is 2.52. The molecular formula is C12H6BrCl2N5O. The number of aromatic nitrogens is 5. The van der Waals surface area contributed by atoms with Crippen LogP contribution in [0.1, 0.15) is 0 Å². The average molecular weight is 387 g/mol. The summed E-state index contributed by atoms with van der Waals surface area (Å²) in [4.78, 5) is 7.87. The van der Waals surface area contributed by atoms with E-state index in [9.17, 15) is 5.11 Å². The van der Waals surface area contributed by atoms with Crippen molar-refractivity contribution in [3.05, 3.63) is 45.4 Å². The van der Waals surface area contributed by atoms with Crippen molar-refractivity contribution < 1.29 is 5.11 Å². The van der Waals surface area contributed by atoms with Crippen molar-refractivity contribution in [1.29, 1.82) is 0 Å². The van der Waals surface area contributed by atoms with Crippen molar-refractivity contribution in [3.8, 4) is 22.8 Å². The molecule has 0 unspecified atom stereocenters. The fourth-order valence-electron chi connectivity index (χ4n) is 1.81. The van der Waals surface area contributed by atoms with Crippen LogP contribution < -0.4 is 0 Å². The number of hydrogen-bond acceptors (Lipinski definition) is 5. The second-order valence-corrected chi connectivity index (χ2v) is 5.62. The second kappa shape index (κ2) is 5.59. The minimum Gasteiger partial charge on any atom is -0.492 e. The van der Waals surface area contributed by atoms with E-state index in [4.69, 9.17) is 23.2 Å². The Kier molecular flexibility index (Phi) is 3.79. The van der Waals surface area contributed by atoms with Crippen molar-refractivity contribution >= 4 is 39.1 Å². The van der Waals surface area contributed by atoms with E-state index >= 15 is 0 Å². The number of benzene rings is 1. The third-order valence-electron chi connectivity index (χ3n) is 2.70. The van der Waals surface area contributed by atoms with Crippen LogP contribution in [-0.2, 0) is 0 Å². The molecule has 0 amide bonds. The first-order valence-corrected chi connectivity index (χ1v) is 7.19. The van der Waals surface area contributed by atoms with Crippen molar-refractivity contribution in [1.82, 2.24) is 25.0 Å². The van der Waals surface area contributed by atoms with Gasteiger partial charge in [-0.25, -0.2) is 14.6 Å². The van der Waals surface area contributed by atoms with E-state index in [1.165, 1.54) is 11.0 Å². The second-order valence-electron chi connectivity index (χ2n) is 4.01. The standard InChI is InChI=1S/C12H6BrCl2N5O/c13-10-11(16-5-17-12(10)21)7-3-6(14)1-2-8(7)20-4-9(15)18-19-20/h1-5H,(H,16,17,21). The molecule has 0 atom stereocenters. The zero-order valence-electron chi connectivity index (χ0n) is 10.2. The van der Waals surface area contributed by atoms with E-state index in [1.807, 2.05) is 0 Å². The SMILES string of the molecule is Oc1ncnc(-c2cc(Cl)ccc2-n2cc(Cl)nn2)c1Br. The van der Waals surface area contributed by atoms with Crippen LogP contribution in [0, 0.1) is 0 Å². The topological polar surface area (TPSA) is 76.7 Å². The molecule has 2 heterocycles. The molecule has 9 heteroatoms. The third kappa shape index (κ3) is 2.72. The lowest BCUT2D eigenvalue weighted by atomic mass is 10.1. The smallest absolute Gasteiger partial charge is 0.229 e. The maximum Gasteiger partial charge on any atom is 0.229 e. The maximum absolute atomic E-state index is 9.71. The Labute approximate surface area is 137 Å². The van der Waals surface area contributed by atoms with Crippen LogP contribution in [0.5, 0.6) is 5.88 Å². The Hall–Kier alpha value is -1.70. The fraction of sp³-hybridized carbons (Fsp3) is 0. The Balaban J connectivity index is 2.26. The van der Waals surface area contributed by atoms with Gasteiger partial charge in [0.25, 0.3) is 0 Å². The highest BCUT2D eigenvalue weighted by Crippen LogP contribution is 2.35. The average Bonchev–Trinajstić information content (AvgIpc) is 2.88. The molecule has 21 heavy (non-hydrogen) atoms. The molecule has 0 radical (unpaired) electrons. The Morgan fingerprint density at radius 3 is 2.71 bits per heavy atom. The molecule has 106 valence electrons. The van der Waals surface area contributed by atoms with Gasteiger partial charge >= 0.3 is 0 Å². The van der Waals surface area contributed by atoms with Crippen LogP contribution in [0.4, 0.5) is 0 Å². The number of aromatic hydroxyl groups is 1. The van der Waals surface area contributed by atoms with Crippen molar-refractivity contribution in [2.24, 2.45) is 0 Å². The largest absolute Gasteiger partial charge is 0.492 e. The Morgan fingerprint density at radius 2 is 2.00 bits per heavy atom. The number of halogens is 3. The monoisotopic (exact) mass is 385 g/mol. The summed E-state index contributed by atoms with van der Waals surface area (Å²) >= 11 is 15.1. The van der Waals surface area contributed by atoms with E-state index in [0.29, 0.717) is 26.4 Å². The normalized spacial score (nSPS) is 10.8. The quantitative estimate of drug-likeness (QED) is 0.729. The van der Waals surface area contributed by atoms with Crippen LogP contribution >= 0.6 is 39.1 Å². The summed E-state index contributed by atoms with van der Waals surface area (Å²) in [6.45, 7) is 0. The van der Waals surface area contributed by atoms with Gasteiger partial charge in [-0.1, -0.05) is 28.4 Å². The molecule has 3 aromatic rings. The third-order valence-corrected chi connectivity index (χ3v) is 3.84. The van der Waals surface area contributed by atoms with Gasteiger partial charge in [-0.3, -0.25) is 0 Å². The first-order chi connectivity index (χ1) is 10.1. The highest BCUT2D eigenvalue weighted by molar-refractivity contribution is 9.10. The van der Waals surface area contributed by atoms with E-state index in [1.54, 1.807) is 24.4 Å². The zero-order chi connectivity index (χ0) is 15.0. The van der Waals surface area contributed by atoms with Gasteiger partial charge in [0, 0.05) is 10.6 Å². The molecule has 6 nitrogen and oxygen atoms in total. The summed E-state index contributed by atoms with van der Waals surface area (Å²) in [6, 6.07) is 5.18. The van der Waals surface area contributed by atoms with Crippen molar-refractivity contribution in [3.63, 3.8) is 0 Å². The minimum absolute atomic E-state index is 0.164. The molecule has 2 aromatic heterocycles. The molecule has 1 N–H and O–H groups in total. The number of rotatable bonds is 2. The van der Waals surface area contributed by atoms with Gasteiger partial charge in [0.2, 0.25) is 5.88 Å².